The van der Waals surface area contributed by atoms with Crippen LogP contribution in [0.3, 0.4) is 0 Å². The molecule has 0 radical (unpaired) electrons. The Hall–Kier alpha value is -8.77. The van der Waals surface area contributed by atoms with Crippen molar-refractivity contribution in [3.05, 3.63) is 106 Å². The lowest BCUT2D eigenvalue weighted by atomic mass is 10.0. The van der Waals surface area contributed by atoms with Gasteiger partial charge in [0.15, 0.2) is 22.6 Å². The highest BCUT2D eigenvalue weighted by Gasteiger charge is 2.35. The number of halogens is 4. The first kappa shape index (κ1) is 65.3. The lowest BCUT2D eigenvalue weighted by Crippen LogP contribution is -2.30. The predicted octanol–water partition coefficient (Wildman–Crippen LogP) is 10.1. The van der Waals surface area contributed by atoms with E-state index < -0.39 is 34.3 Å². The SMILES string of the molecule is COCCCn1cc(-c2nc(N)ncc2F)c2cc(C#CC(C)(C)O)nc(Cl)c21.COCCCn1cc(-c2nc(N)ncc2F)c2cc(C#CC3(O)CCCC3)nc(C3CC3)c21.Nc1ncc(F)c(-c2cn(C3COC3)c3c(C4CC4)nc(C#CC4(O)CCCC4)cc23)n1. The Kier molecular flexibility index (Phi) is 19.0. The van der Waals surface area contributed by atoms with E-state index in [2.05, 4.69) is 79.5 Å². The van der Waals surface area contributed by atoms with Crippen LogP contribution in [0.5, 0.6) is 0 Å². The van der Waals surface area contributed by atoms with Crippen LogP contribution in [-0.2, 0) is 27.3 Å². The van der Waals surface area contributed by atoms with Gasteiger partial charge < -0.3 is 60.4 Å². The highest BCUT2D eigenvalue weighted by Crippen LogP contribution is 2.47. The van der Waals surface area contributed by atoms with Crippen molar-refractivity contribution in [2.45, 2.75) is 152 Å². The van der Waals surface area contributed by atoms with Crippen molar-refractivity contribution in [3.8, 4) is 69.3 Å². The maximum absolute atomic E-state index is 14.8. The minimum absolute atomic E-state index is 0.0200. The third-order valence-electron chi connectivity index (χ3n) is 17.2. The number of aliphatic hydroxyl groups is 3. The van der Waals surface area contributed by atoms with Crippen molar-refractivity contribution < 1.29 is 42.7 Å². The number of nitrogens with zero attached hydrogens (tertiary/aromatic N) is 12. The van der Waals surface area contributed by atoms with E-state index >= 15 is 0 Å². The second-order valence-corrected chi connectivity index (χ2v) is 25.5. The minimum atomic E-state index is -1.19. The molecule has 488 valence electrons. The van der Waals surface area contributed by atoms with Crippen molar-refractivity contribution in [1.82, 2.24) is 58.6 Å². The summed E-state index contributed by atoms with van der Waals surface area (Å²) in [5.41, 5.74) is 22.4. The molecule has 1 aliphatic heterocycles. The molecule has 14 rings (SSSR count). The molecule has 10 heterocycles. The zero-order chi connectivity index (χ0) is 66.1. The molecule has 25 heteroatoms. The van der Waals surface area contributed by atoms with Gasteiger partial charge in [-0.15, -0.1) is 0 Å². The second kappa shape index (κ2) is 27.3. The number of nitrogens with two attached hydrogens (primary N) is 3. The van der Waals surface area contributed by atoms with Crippen LogP contribution >= 0.6 is 11.6 Å². The summed E-state index contributed by atoms with van der Waals surface area (Å²) in [6, 6.07) is 5.63. The average Bonchev–Trinajstić information content (AvgIpc) is 1.64. The van der Waals surface area contributed by atoms with Crippen LogP contribution in [0, 0.1) is 53.0 Å². The van der Waals surface area contributed by atoms with Crippen LogP contribution in [0.2, 0.25) is 5.15 Å². The molecular formula is C69H73ClF3N15O6. The van der Waals surface area contributed by atoms with Crippen molar-refractivity contribution in [1.29, 1.82) is 0 Å². The van der Waals surface area contributed by atoms with Gasteiger partial charge in [0, 0.05) is 104 Å². The van der Waals surface area contributed by atoms with Gasteiger partial charge in [-0.3, -0.25) is 0 Å². The molecule has 9 N–H and O–H groups in total. The van der Waals surface area contributed by atoms with Gasteiger partial charge in [-0.1, -0.05) is 29.4 Å². The zero-order valence-corrected chi connectivity index (χ0v) is 53.5. The fourth-order valence-electron chi connectivity index (χ4n) is 12.2. The highest BCUT2D eigenvalue weighted by atomic mass is 35.5. The van der Waals surface area contributed by atoms with Crippen molar-refractivity contribution >= 4 is 62.2 Å². The Bertz CT molecular complexity index is 4550. The van der Waals surface area contributed by atoms with E-state index in [1.54, 1.807) is 40.3 Å². The molecule has 4 saturated carbocycles. The maximum atomic E-state index is 14.8. The number of anilines is 3. The number of hydrogen-bond donors (Lipinski definition) is 6. The van der Waals surface area contributed by atoms with Crippen LogP contribution in [0.25, 0.3) is 66.5 Å². The summed E-state index contributed by atoms with van der Waals surface area (Å²) >= 11 is 6.46. The van der Waals surface area contributed by atoms with E-state index in [4.69, 9.17) is 53.0 Å². The fourth-order valence-corrected chi connectivity index (χ4v) is 12.5. The number of aromatic nitrogens is 12. The molecule has 0 aromatic carbocycles. The van der Waals surface area contributed by atoms with Crippen LogP contribution in [0.15, 0.2) is 55.4 Å². The molecule has 0 unspecified atom stereocenters. The summed E-state index contributed by atoms with van der Waals surface area (Å²) in [4.78, 5) is 37.8. The first-order chi connectivity index (χ1) is 45.2. The quantitative estimate of drug-likeness (QED) is 0.0335. The number of aryl methyl sites for hydroxylation is 2. The number of fused-ring (bicyclic) bond motifs is 3. The van der Waals surface area contributed by atoms with Gasteiger partial charge in [-0.05, 0) is 140 Å². The normalized spacial score (nSPS) is 16.5. The van der Waals surface area contributed by atoms with E-state index in [1.165, 1.54) is 0 Å². The Morgan fingerprint density at radius 3 is 1.41 bits per heavy atom. The summed E-state index contributed by atoms with van der Waals surface area (Å²) in [7, 11) is 3.30. The van der Waals surface area contributed by atoms with Gasteiger partial charge in [0.05, 0.1) is 65.8 Å². The van der Waals surface area contributed by atoms with Crippen LogP contribution in [-0.4, -0.2) is 131 Å². The number of methoxy groups -OCH3 is 2. The summed E-state index contributed by atoms with van der Waals surface area (Å²) < 4.78 is 66.0. The Balaban J connectivity index is 0.000000136. The van der Waals surface area contributed by atoms with E-state index in [-0.39, 0.29) is 46.1 Å². The fraction of sp³-hybridized carbons (Fsp3) is 0.435. The molecule has 0 amide bonds. The molecule has 9 aromatic heterocycles. The van der Waals surface area contributed by atoms with Gasteiger partial charge in [0.2, 0.25) is 17.8 Å². The maximum Gasteiger partial charge on any atom is 0.220 e. The number of ether oxygens (including phenoxy) is 3. The third kappa shape index (κ3) is 14.6. The van der Waals surface area contributed by atoms with Crippen molar-refractivity contribution in [2.24, 2.45) is 0 Å². The van der Waals surface area contributed by atoms with Crippen LogP contribution < -0.4 is 17.2 Å². The molecule has 21 nitrogen and oxygen atoms in total. The molecule has 1 saturated heterocycles. The molecule has 94 heavy (non-hydrogen) atoms. The minimum Gasteiger partial charge on any atom is -0.385 e. The van der Waals surface area contributed by atoms with Crippen LogP contribution in [0.4, 0.5) is 31.0 Å². The summed E-state index contributed by atoms with van der Waals surface area (Å²) in [6.45, 7) is 6.82. The summed E-state index contributed by atoms with van der Waals surface area (Å²) in [6.07, 6.45) is 21.3. The molecule has 5 aliphatic rings. The van der Waals surface area contributed by atoms with Gasteiger partial charge in [-0.2, -0.15) is 0 Å². The zero-order valence-electron chi connectivity index (χ0n) is 52.7. The van der Waals surface area contributed by atoms with Gasteiger partial charge in [0.25, 0.3) is 0 Å². The highest BCUT2D eigenvalue weighted by molar-refractivity contribution is 6.34. The monoisotopic (exact) mass is 1300 g/mol. The Morgan fingerprint density at radius 1 is 0.596 bits per heavy atom. The molecule has 4 aliphatic carbocycles. The number of pyridine rings is 3. The largest absolute Gasteiger partial charge is 0.385 e. The first-order valence-corrected chi connectivity index (χ1v) is 32.0. The average molecular weight is 1300 g/mol. The molecule has 0 bridgehead atoms. The summed E-state index contributed by atoms with van der Waals surface area (Å²) in [5, 5.41) is 33.7. The number of rotatable bonds is 14. The first-order valence-electron chi connectivity index (χ1n) is 31.6. The van der Waals surface area contributed by atoms with Crippen molar-refractivity contribution in [3.63, 3.8) is 0 Å². The Labute approximate surface area is 546 Å². The predicted molar refractivity (Wildman–Crippen MR) is 351 cm³/mol. The van der Waals surface area contributed by atoms with E-state index in [0.717, 1.165) is 116 Å². The van der Waals surface area contributed by atoms with E-state index in [1.807, 2.05) is 29.1 Å². The standard InChI is InChI=1S/C25H28FN5O2.C24H24FN5O2.C20H21ClFN5O2/c1-33-12-4-11-31-15-19(22-20(26)14-28-24(27)30-22)18-13-17(7-10-25(32)8-2-3-9-25)29-21(23(18)31)16-5-6-16;25-19-10-27-23(26)29-21(19)18-11-30(16-12-32-13-16)22-17(18)9-15(28-20(22)14-3-4-14)5-8-24(31)6-1-2-7-24;1-20(2,28)6-5-12-9-13-14(16-15(22)10-24-19(23)26-16)11-27(7-4-8-29-3)17(13)18(21)25-12/h13-16,32H,2-6,8-9,11-12H2,1H3,(H2,27,28,30);9-11,14,16,31H,1-4,6-7,12-13H2,(H2,26,27,29);9-11,28H,4,7-8H2,1-3H3,(H2,23,24,26). The van der Waals surface area contributed by atoms with E-state index in [0.29, 0.717) is 122 Å². The molecule has 5 fully saturated rings. The van der Waals surface area contributed by atoms with Gasteiger partial charge >= 0.3 is 0 Å². The molecule has 0 spiro atoms. The summed E-state index contributed by atoms with van der Waals surface area (Å²) in [5.74, 6) is 16.9. The van der Waals surface area contributed by atoms with E-state index in [9.17, 15) is 28.5 Å². The van der Waals surface area contributed by atoms with Crippen molar-refractivity contribution in [2.75, 3.05) is 57.8 Å². The smallest absolute Gasteiger partial charge is 0.220 e. The van der Waals surface area contributed by atoms with Gasteiger partial charge in [-0.25, -0.2) is 58.0 Å². The number of nitrogen functional groups attached to an aromatic ring is 3. The topological polar surface area (TPSA) is 297 Å². The molecule has 0 atom stereocenters. The molecule has 9 aromatic rings. The van der Waals surface area contributed by atoms with Gasteiger partial charge in [0.1, 0.15) is 51.0 Å². The lowest BCUT2D eigenvalue weighted by molar-refractivity contribution is -0.0214. The lowest BCUT2D eigenvalue weighted by Gasteiger charge is -2.28. The Morgan fingerprint density at radius 2 is 1.00 bits per heavy atom. The van der Waals surface area contributed by atoms with Crippen LogP contribution in [0.1, 0.15) is 150 Å². The molecular weight excluding hydrogens is 1230 g/mol. The second-order valence-electron chi connectivity index (χ2n) is 25.2. The number of hydrogen-bond acceptors (Lipinski definition) is 18. The third-order valence-corrected chi connectivity index (χ3v) is 17.5.